The molecule has 20 heavy (non-hydrogen) atoms. The Morgan fingerprint density at radius 3 is 2.35 bits per heavy atom. The van der Waals surface area contributed by atoms with E-state index >= 15 is 0 Å². The van der Waals surface area contributed by atoms with E-state index in [0.717, 1.165) is 5.92 Å². The molecule has 1 aromatic carbocycles. The molecule has 112 valence electrons. The molecule has 0 aromatic heterocycles. The molecule has 1 heterocycles. The minimum absolute atomic E-state index is 1.02. The molecule has 0 amide bonds. The molecule has 0 saturated carbocycles. The van der Waals surface area contributed by atoms with E-state index in [2.05, 4.69) is 42.2 Å². The lowest BCUT2D eigenvalue weighted by Gasteiger charge is -2.31. The Morgan fingerprint density at radius 1 is 0.950 bits per heavy atom. The first-order valence-corrected chi connectivity index (χ1v) is 8.64. The van der Waals surface area contributed by atoms with Crippen LogP contribution in [0.4, 0.5) is 0 Å². The summed E-state index contributed by atoms with van der Waals surface area (Å²) >= 11 is 0. The Balaban J connectivity index is 1.46. The van der Waals surface area contributed by atoms with Gasteiger partial charge in [-0.15, -0.1) is 0 Å². The van der Waals surface area contributed by atoms with Gasteiger partial charge in [0, 0.05) is 0 Å². The molecule has 0 bridgehead atoms. The van der Waals surface area contributed by atoms with E-state index in [0.29, 0.717) is 0 Å². The lowest BCUT2D eigenvalue weighted by Crippen LogP contribution is -2.33. The molecule has 0 radical (unpaired) electrons. The molecule has 2 rings (SSSR count). The summed E-state index contributed by atoms with van der Waals surface area (Å²) < 4.78 is 0. The second-order valence-electron chi connectivity index (χ2n) is 6.32. The predicted octanol–water partition coefficient (Wildman–Crippen LogP) is 4.91. The van der Waals surface area contributed by atoms with Crippen molar-refractivity contribution in [3.63, 3.8) is 0 Å². The number of hydrogen-bond acceptors (Lipinski definition) is 1. The normalized spacial score (nSPS) is 17.4. The third-order valence-electron chi connectivity index (χ3n) is 4.83. The van der Waals surface area contributed by atoms with Crippen LogP contribution in [0.2, 0.25) is 0 Å². The highest BCUT2D eigenvalue weighted by atomic mass is 15.1. The first-order valence-electron chi connectivity index (χ1n) is 8.64. The van der Waals surface area contributed by atoms with Crippen LogP contribution in [0.25, 0.3) is 0 Å². The summed E-state index contributed by atoms with van der Waals surface area (Å²) in [7, 11) is 0. The summed E-state index contributed by atoms with van der Waals surface area (Å²) in [6.45, 7) is 6.21. The number of unbranched alkanes of at least 4 members (excludes halogenated alkanes) is 3. The van der Waals surface area contributed by atoms with E-state index in [1.807, 2.05) is 0 Å². The number of piperidine rings is 1. The average molecular weight is 273 g/mol. The second-order valence-corrected chi connectivity index (χ2v) is 6.32. The number of likely N-dealkylation sites (tertiary alicyclic amines) is 1. The zero-order valence-electron chi connectivity index (χ0n) is 13.2. The van der Waals surface area contributed by atoms with Gasteiger partial charge in [-0.25, -0.2) is 0 Å². The van der Waals surface area contributed by atoms with Gasteiger partial charge >= 0.3 is 0 Å². The Hall–Kier alpha value is -0.820. The minimum atomic E-state index is 1.02. The van der Waals surface area contributed by atoms with Crippen molar-refractivity contribution in [1.82, 2.24) is 4.90 Å². The molecular formula is C19H31N. The van der Waals surface area contributed by atoms with Crippen LogP contribution in [-0.2, 0) is 6.42 Å². The fraction of sp³-hybridized carbons (Fsp3) is 0.684. The maximum atomic E-state index is 2.59. The first kappa shape index (κ1) is 15.6. The number of rotatable bonds is 8. The zero-order valence-corrected chi connectivity index (χ0v) is 13.2. The van der Waals surface area contributed by atoms with Gasteiger partial charge in [0.2, 0.25) is 0 Å². The van der Waals surface area contributed by atoms with E-state index in [4.69, 9.17) is 0 Å². The highest BCUT2D eigenvalue weighted by molar-refractivity contribution is 5.14. The van der Waals surface area contributed by atoms with Gasteiger partial charge in [0.05, 0.1) is 0 Å². The van der Waals surface area contributed by atoms with Crippen LogP contribution in [0.1, 0.15) is 57.4 Å². The van der Waals surface area contributed by atoms with Crippen molar-refractivity contribution in [2.75, 3.05) is 19.6 Å². The molecule has 1 fully saturated rings. The molecule has 1 saturated heterocycles. The lowest BCUT2D eigenvalue weighted by molar-refractivity contribution is 0.184. The molecule has 0 spiro atoms. The van der Waals surface area contributed by atoms with E-state index in [1.165, 1.54) is 76.6 Å². The van der Waals surface area contributed by atoms with Crippen molar-refractivity contribution in [2.24, 2.45) is 5.92 Å². The lowest BCUT2D eigenvalue weighted by atomic mass is 9.91. The molecule has 1 aliphatic heterocycles. The quantitative estimate of drug-likeness (QED) is 0.608. The molecule has 0 aliphatic carbocycles. The van der Waals surface area contributed by atoms with Crippen LogP contribution < -0.4 is 0 Å². The maximum absolute atomic E-state index is 2.59. The van der Waals surface area contributed by atoms with E-state index in [1.54, 1.807) is 0 Å². The maximum Gasteiger partial charge on any atom is -0.00162 e. The van der Waals surface area contributed by atoms with Gasteiger partial charge in [-0.2, -0.15) is 0 Å². The zero-order chi connectivity index (χ0) is 14.0. The fourth-order valence-electron chi connectivity index (χ4n) is 3.35. The molecule has 1 heteroatoms. The van der Waals surface area contributed by atoms with Gasteiger partial charge in [-0.05, 0) is 56.8 Å². The number of nitrogens with zero attached hydrogens (tertiary/aromatic N) is 1. The third kappa shape index (κ3) is 5.66. The highest BCUT2D eigenvalue weighted by Crippen LogP contribution is 2.23. The summed E-state index contributed by atoms with van der Waals surface area (Å²) in [6.07, 6.45) is 11.3. The Bertz CT molecular complexity index is 338. The van der Waals surface area contributed by atoms with Gasteiger partial charge in [0.15, 0.2) is 0 Å². The molecule has 0 unspecified atom stereocenters. The van der Waals surface area contributed by atoms with E-state index < -0.39 is 0 Å². The number of hydrogen-bond donors (Lipinski definition) is 0. The van der Waals surface area contributed by atoms with Crippen LogP contribution >= 0.6 is 0 Å². The Labute approximate surface area is 125 Å². The van der Waals surface area contributed by atoms with Crippen molar-refractivity contribution in [3.8, 4) is 0 Å². The van der Waals surface area contributed by atoms with E-state index in [-0.39, 0.29) is 0 Å². The molecule has 0 N–H and O–H groups in total. The first-order chi connectivity index (χ1) is 9.88. The van der Waals surface area contributed by atoms with E-state index in [9.17, 15) is 0 Å². The molecule has 0 atom stereocenters. The number of benzene rings is 1. The van der Waals surface area contributed by atoms with Crippen LogP contribution in [0.3, 0.4) is 0 Å². The second kappa shape index (κ2) is 9.18. The summed E-state index contributed by atoms with van der Waals surface area (Å²) in [5, 5.41) is 0. The SMILES string of the molecule is CCN1CCC(CCCCCCc2ccccc2)CC1. The van der Waals surface area contributed by atoms with Crippen LogP contribution in [-0.4, -0.2) is 24.5 Å². The molecule has 1 aromatic rings. The van der Waals surface area contributed by atoms with Crippen LogP contribution in [0, 0.1) is 5.92 Å². The van der Waals surface area contributed by atoms with Crippen molar-refractivity contribution >= 4 is 0 Å². The standard InChI is InChI=1S/C19H31N/c1-2-20-16-14-19(15-17-20)13-7-4-3-6-10-18-11-8-5-9-12-18/h5,8-9,11-12,19H,2-4,6-7,10,13-17H2,1H3. The molecular weight excluding hydrogens is 242 g/mol. The van der Waals surface area contributed by atoms with Gasteiger partial charge < -0.3 is 4.90 Å². The molecule has 1 nitrogen and oxygen atoms in total. The Morgan fingerprint density at radius 2 is 1.65 bits per heavy atom. The Kier molecular flexibility index (Phi) is 7.14. The smallest absolute Gasteiger partial charge is 0.00162 e. The topological polar surface area (TPSA) is 3.24 Å². The minimum Gasteiger partial charge on any atom is -0.304 e. The van der Waals surface area contributed by atoms with Crippen molar-refractivity contribution in [1.29, 1.82) is 0 Å². The largest absolute Gasteiger partial charge is 0.304 e. The predicted molar refractivity (Wildman–Crippen MR) is 88.1 cm³/mol. The summed E-state index contributed by atoms with van der Waals surface area (Å²) in [5.41, 5.74) is 1.50. The van der Waals surface area contributed by atoms with Gasteiger partial charge in [-0.1, -0.05) is 62.9 Å². The van der Waals surface area contributed by atoms with Crippen LogP contribution in [0.5, 0.6) is 0 Å². The summed E-state index contributed by atoms with van der Waals surface area (Å²) in [4.78, 5) is 2.59. The van der Waals surface area contributed by atoms with Gasteiger partial charge in [-0.3, -0.25) is 0 Å². The fourth-order valence-corrected chi connectivity index (χ4v) is 3.35. The van der Waals surface area contributed by atoms with Gasteiger partial charge in [0.1, 0.15) is 0 Å². The molecule has 1 aliphatic rings. The highest BCUT2D eigenvalue weighted by Gasteiger charge is 2.17. The third-order valence-corrected chi connectivity index (χ3v) is 4.83. The van der Waals surface area contributed by atoms with Crippen molar-refractivity contribution < 1.29 is 0 Å². The summed E-state index contributed by atoms with van der Waals surface area (Å²) in [5.74, 6) is 1.02. The number of aryl methyl sites for hydroxylation is 1. The van der Waals surface area contributed by atoms with Gasteiger partial charge in [0.25, 0.3) is 0 Å². The van der Waals surface area contributed by atoms with Crippen molar-refractivity contribution in [2.45, 2.75) is 58.3 Å². The average Bonchev–Trinajstić information content (AvgIpc) is 2.52. The van der Waals surface area contributed by atoms with Crippen LogP contribution in [0.15, 0.2) is 30.3 Å². The van der Waals surface area contributed by atoms with Crippen molar-refractivity contribution in [3.05, 3.63) is 35.9 Å². The summed E-state index contributed by atoms with van der Waals surface area (Å²) in [6, 6.07) is 10.9. The monoisotopic (exact) mass is 273 g/mol.